The first-order valence-corrected chi connectivity index (χ1v) is 9.35. The molecule has 0 radical (unpaired) electrons. The second-order valence-electron chi connectivity index (χ2n) is 4.24. The summed E-state index contributed by atoms with van der Waals surface area (Å²) in [6, 6.07) is 0. The van der Waals surface area contributed by atoms with E-state index in [1.807, 2.05) is 18.5 Å². The van der Waals surface area contributed by atoms with Gasteiger partial charge in [-0.05, 0) is 26.7 Å². The first kappa shape index (κ1) is 18.3. The number of thiazole rings is 1. The first-order chi connectivity index (χ1) is 10.4. The summed E-state index contributed by atoms with van der Waals surface area (Å²) in [5.74, 6) is 1.95. The largest absolute Gasteiger partial charge is 0.382 e. The maximum Gasteiger partial charge on any atom is 0.191 e. The number of hydrogen-bond donors (Lipinski definition) is 2. The summed E-state index contributed by atoms with van der Waals surface area (Å²) in [6.45, 7) is 8.28. The van der Waals surface area contributed by atoms with Crippen LogP contribution in [0.5, 0.6) is 0 Å². The third kappa shape index (κ3) is 9.71. The molecule has 0 fully saturated rings. The molecule has 0 aromatic carbocycles. The Balaban J connectivity index is 2.11. The van der Waals surface area contributed by atoms with E-state index in [-0.39, 0.29) is 0 Å². The van der Waals surface area contributed by atoms with Gasteiger partial charge in [0.1, 0.15) is 4.34 Å². The van der Waals surface area contributed by atoms with Crippen LogP contribution < -0.4 is 10.6 Å². The van der Waals surface area contributed by atoms with Gasteiger partial charge >= 0.3 is 0 Å². The number of nitrogens with one attached hydrogen (secondary N) is 2. The van der Waals surface area contributed by atoms with E-state index in [0.717, 1.165) is 61.7 Å². The number of rotatable bonds is 11. The molecule has 0 aliphatic rings. The molecule has 0 amide bonds. The van der Waals surface area contributed by atoms with Crippen molar-refractivity contribution in [1.82, 2.24) is 15.6 Å². The third-order valence-corrected chi connectivity index (χ3v) is 4.57. The monoisotopic (exact) mass is 330 g/mol. The van der Waals surface area contributed by atoms with Crippen LogP contribution in [0.3, 0.4) is 0 Å². The lowest BCUT2D eigenvalue weighted by Crippen LogP contribution is -2.38. The zero-order valence-corrected chi connectivity index (χ0v) is 14.6. The van der Waals surface area contributed by atoms with Crippen molar-refractivity contribution < 1.29 is 4.74 Å². The van der Waals surface area contributed by atoms with Gasteiger partial charge in [-0.2, -0.15) is 0 Å². The van der Waals surface area contributed by atoms with Crippen LogP contribution in [0.25, 0.3) is 0 Å². The molecule has 0 atom stereocenters. The Kier molecular flexibility index (Phi) is 11.2. The van der Waals surface area contributed by atoms with Crippen molar-refractivity contribution in [3.8, 4) is 0 Å². The fourth-order valence-corrected chi connectivity index (χ4v) is 3.20. The number of aliphatic imine (C=N–C) groups is 1. The molecule has 1 heterocycles. The molecule has 0 bridgehead atoms. The van der Waals surface area contributed by atoms with Gasteiger partial charge in [0.15, 0.2) is 5.96 Å². The van der Waals surface area contributed by atoms with Crippen LogP contribution >= 0.6 is 23.1 Å². The number of guanidine groups is 1. The van der Waals surface area contributed by atoms with E-state index >= 15 is 0 Å². The van der Waals surface area contributed by atoms with Crippen molar-refractivity contribution >= 4 is 29.1 Å². The summed E-state index contributed by atoms with van der Waals surface area (Å²) in [5.41, 5.74) is 0. The predicted octanol–water partition coefficient (Wildman–Crippen LogP) is 2.61. The van der Waals surface area contributed by atoms with Gasteiger partial charge < -0.3 is 15.4 Å². The quantitative estimate of drug-likeness (QED) is 0.283. The minimum Gasteiger partial charge on any atom is -0.382 e. The van der Waals surface area contributed by atoms with E-state index in [4.69, 9.17) is 4.74 Å². The Hall–Kier alpha value is -0.790. The summed E-state index contributed by atoms with van der Waals surface area (Å²) in [6.07, 6.45) is 3.90. The molecule has 21 heavy (non-hydrogen) atoms. The smallest absolute Gasteiger partial charge is 0.191 e. The molecule has 0 saturated heterocycles. The van der Waals surface area contributed by atoms with Crippen LogP contribution in [0.4, 0.5) is 0 Å². The minimum atomic E-state index is 0.783. The minimum absolute atomic E-state index is 0.783. The van der Waals surface area contributed by atoms with Gasteiger partial charge in [-0.3, -0.25) is 4.99 Å². The number of nitrogens with zero attached hydrogens (tertiary/aromatic N) is 2. The predicted molar refractivity (Wildman–Crippen MR) is 92.5 cm³/mol. The van der Waals surface area contributed by atoms with Crippen molar-refractivity contribution in [3.05, 3.63) is 11.6 Å². The Bertz CT molecular complexity index is 371. The van der Waals surface area contributed by atoms with Gasteiger partial charge in [0.2, 0.25) is 0 Å². The molecule has 0 saturated carbocycles. The molecular formula is C14H26N4OS2. The average molecular weight is 331 g/mol. The summed E-state index contributed by atoms with van der Waals surface area (Å²) in [7, 11) is 0. The van der Waals surface area contributed by atoms with E-state index in [1.54, 1.807) is 23.1 Å². The summed E-state index contributed by atoms with van der Waals surface area (Å²) in [4.78, 5) is 8.83. The topological polar surface area (TPSA) is 58.5 Å². The molecule has 0 unspecified atom stereocenters. The lowest BCUT2D eigenvalue weighted by atomic mass is 10.4. The molecule has 7 heteroatoms. The van der Waals surface area contributed by atoms with Crippen molar-refractivity contribution in [2.24, 2.45) is 4.99 Å². The molecule has 0 aliphatic heterocycles. The average Bonchev–Trinajstić information content (AvgIpc) is 3.00. The highest BCUT2D eigenvalue weighted by atomic mass is 32.2. The van der Waals surface area contributed by atoms with Crippen molar-refractivity contribution in [2.75, 3.05) is 38.6 Å². The number of thioether (sulfide) groups is 1. The van der Waals surface area contributed by atoms with Gasteiger partial charge in [-0.15, -0.1) is 11.3 Å². The van der Waals surface area contributed by atoms with E-state index < -0.39 is 0 Å². The SMILES string of the molecule is CCNC(=NCCCSc1nccs1)NCCCOCC. The van der Waals surface area contributed by atoms with E-state index in [2.05, 4.69) is 27.5 Å². The molecule has 0 aliphatic carbocycles. The first-order valence-electron chi connectivity index (χ1n) is 7.49. The molecule has 2 N–H and O–H groups in total. The molecule has 5 nitrogen and oxygen atoms in total. The summed E-state index contributed by atoms with van der Waals surface area (Å²) < 4.78 is 6.45. The lowest BCUT2D eigenvalue weighted by molar-refractivity contribution is 0.145. The fraction of sp³-hybridized carbons (Fsp3) is 0.714. The van der Waals surface area contributed by atoms with Crippen molar-refractivity contribution in [3.63, 3.8) is 0 Å². The molecular weight excluding hydrogens is 304 g/mol. The molecule has 1 aromatic rings. The Labute approximate surface area is 136 Å². The van der Waals surface area contributed by atoms with Crippen LogP contribution in [0.15, 0.2) is 20.9 Å². The standard InChI is InChI=1S/C14H26N4OS2/c1-3-15-13(16-7-5-10-19-4-2)17-8-6-11-20-14-18-9-12-21-14/h9,12H,3-8,10-11H2,1-2H3,(H2,15,16,17). The summed E-state index contributed by atoms with van der Waals surface area (Å²) in [5, 5.41) is 8.59. The number of hydrogen-bond acceptors (Lipinski definition) is 5. The van der Waals surface area contributed by atoms with Crippen LogP contribution in [-0.4, -0.2) is 49.5 Å². The highest BCUT2D eigenvalue weighted by Gasteiger charge is 1.98. The Morgan fingerprint density at radius 1 is 1.38 bits per heavy atom. The maximum atomic E-state index is 5.32. The fourth-order valence-electron chi connectivity index (χ4n) is 1.56. The van der Waals surface area contributed by atoms with Crippen LogP contribution in [0.2, 0.25) is 0 Å². The number of aromatic nitrogens is 1. The maximum absolute atomic E-state index is 5.32. The second-order valence-corrected chi connectivity index (χ2v) is 6.47. The van der Waals surface area contributed by atoms with Crippen LogP contribution in [-0.2, 0) is 4.74 Å². The van der Waals surface area contributed by atoms with Crippen LogP contribution in [0, 0.1) is 0 Å². The van der Waals surface area contributed by atoms with Gasteiger partial charge in [0.25, 0.3) is 0 Å². The lowest BCUT2D eigenvalue weighted by Gasteiger charge is -2.11. The van der Waals surface area contributed by atoms with Crippen molar-refractivity contribution in [2.45, 2.75) is 31.0 Å². The Morgan fingerprint density at radius 2 is 2.29 bits per heavy atom. The highest BCUT2D eigenvalue weighted by molar-refractivity contribution is 8.00. The Morgan fingerprint density at radius 3 is 3.00 bits per heavy atom. The zero-order chi connectivity index (χ0) is 15.2. The third-order valence-electron chi connectivity index (χ3n) is 2.51. The van der Waals surface area contributed by atoms with Gasteiger partial charge in [-0.25, -0.2) is 4.98 Å². The van der Waals surface area contributed by atoms with Crippen molar-refractivity contribution in [1.29, 1.82) is 0 Å². The highest BCUT2D eigenvalue weighted by Crippen LogP contribution is 2.20. The second kappa shape index (κ2) is 12.9. The molecule has 1 rings (SSSR count). The van der Waals surface area contributed by atoms with E-state index in [1.165, 1.54) is 0 Å². The van der Waals surface area contributed by atoms with Gasteiger partial charge in [-0.1, -0.05) is 11.8 Å². The molecule has 0 spiro atoms. The number of ether oxygens (including phenoxy) is 1. The van der Waals surface area contributed by atoms with Gasteiger partial charge in [0, 0.05) is 50.2 Å². The molecule has 1 aromatic heterocycles. The zero-order valence-electron chi connectivity index (χ0n) is 12.9. The van der Waals surface area contributed by atoms with E-state index in [9.17, 15) is 0 Å². The van der Waals surface area contributed by atoms with E-state index in [0.29, 0.717) is 0 Å². The summed E-state index contributed by atoms with van der Waals surface area (Å²) >= 11 is 3.49. The normalized spacial score (nSPS) is 11.6. The molecule has 120 valence electrons. The van der Waals surface area contributed by atoms with Crippen LogP contribution in [0.1, 0.15) is 26.7 Å². The van der Waals surface area contributed by atoms with Gasteiger partial charge in [0.05, 0.1) is 0 Å².